The third kappa shape index (κ3) is 4.80. The Kier molecular flexibility index (Phi) is 5.95. The number of carbonyl (C=O) groups excluding carboxylic acids is 1. The molecule has 2 rings (SSSR count). The molecule has 22 heavy (non-hydrogen) atoms. The predicted molar refractivity (Wildman–Crippen MR) is 86.0 cm³/mol. The van der Waals surface area contributed by atoms with Gasteiger partial charge in [0.25, 0.3) is 5.91 Å². The number of nitrogens with one attached hydrogen (secondary N) is 2. The molecule has 0 saturated heterocycles. The predicted octanol–water partition coefficient (Wildman–Crippen LogP) is 1.78. The maximum Gasteiger partial charge on any atom is 0.275 e. The average molecular weight is 307 g/mol. The first kappa shape index (κ1) is 16.9. The van der Waals surface area contributed by atoms with E-state index in [1.807, 2.05) is 7.05 Å². The smallest absolute Gasteiger partial charge is 0.275 e. The van der Waals surface area contributed by atoms with Gasteiger partial charge in [0.15, 0.2) is 6.54 Å². The molecule has 3 nitrogen and oxygen atoms in total. The zero-order chi connectivity index (χ0) is 16.1. The second-order valence-corrected chi connectivity index (χ2v) is 6.88. The van der Waals surface area contributed by atoms with Gasteiger partial charge in [0.2, 0.25) is 0 Å². The van der Waals surface area contributed by atoms with Crippen molar-refractivity contribution >= 4 is 5.91 Å². The lowest BCUT2D eigenvalue weighted by Gasteiger charge is -2.34. The second-order valence-electron chi connectivity index (χ2n) is 6.88. The maximum absolute atomic E-state index is 12.9. The molecule has 0 aliphatic heterocycles. The summed E-state index contributed by atoms with van der Waals surface area (Å²) >= 11 is 0. The summed E-state index contributed by atoms with van der Waals surface area (Å²) < 4.78 is 12.9. The fourth-order valence-electron chi connectivity index (χ4n) is 3.33. The van der Waals surface area contributed by atoms with Crippen LogP contribution in [0.1, 0.15) is 38.7 Å². The van der Waals surface area contributed by atoms with Crippen LogP contribution in [0.4, 0.5) is 4.39 Å². The summed E-state index contributed by atoms with van der Waals surface area (Å²) in [4.78, 5) is 13.3. The van der Waals surface area contributed by atoms with Crippen molar-refractivity contribution < 1.29 is 14.1 Å². The standard InChI is InChI=1S/C18H27FN2O/c1-13-5-4-6-17(14(13)2)20-18(22)12-21(3)11-15-7-9-16(19)10-8-15/h7-10,13-14,17H,4-6,11-12H2,1-3H3,(H,20,22)/p+1/t13-,14+,17+/m0/s1. The monoisotopic (exact) mass is 307 g/mol. The van der Waals surface area contributed by atoms with E-state index in [1.54, 1.807) is 12.1 Å². The third-order valence-corrected chi connectivity index (χ3v) is 4.93. The third-order valence-electron chi connectivity index (χ3n) is 4.93. The maximum atomic E-state index is 12.9. The Bertz CT molecular complexity index is 488. The van der Waals surface area contributed by atoms with Crippen molar-refractivity contribution in [2.45, 2.75) is 45.7 Å². The van der Waals surface area contributed by atoms with Crippen molar-refractivity contribution in [2.75, 3.05) is 13.6 Å². The molecule has 4 heteroatoms. The molecule has 2 N–H and O–H groups in total. The summed E-state index contributed by atoms with van der Waals surface area (Å²) in [6.45, 7) is 5.69. The normalized spacial score (nSPS) is 26.5. The van der Waals surface area contributed by atoms with Crippen molar-refractivity contribution in [3.8, 4) is 0 Å². The Morgan fingerprint density at radius 1 is 1.27 bits per heavy atom. The molecular weight excluding hydrogens is 279 g/mol. The van der Waals surface area contributed by atoms with Crippen LogP contribution in [0.5, 0.6) is 0 Å². The van der Waals surface area contributed by atoms with Gasteiger partial charge in [-0.05, 0) is 30.4 Å². The summed E-state index contributed by atoms with van der Waals surface area (Å²) in [6, 6.07) is 6.81. The quantitative estimate of drug-likeness (QED) is 0.854. The van der Waals surface area contributed by atoms with Gasteiger partial charge in [0, 0.05) is 11.6 Å². The Morgan fingerprint density at radius 3 is 2.64 bits per heavy atom. The lowest BCUT2D eigenvalue weighted by atomic mass is 9.78. The van der Waals surface area contributed by atoms with Crippen LogP contribution in [0.3, 0.4) is 0 Å². The number of carbonyl (C=O) groups is 1. The summed E-state index contributed by atoms with van der Waals surface area (Å²) in [6.07, 6.45) is 3.56. The van der Waals surface area contributed by atoms with Gasteiger partial charge in [-0.15, -0.1) is 0 Å². The number of amides is 1. The Hall–Kier alpha value is -1.42. The molecule has 0 heterocycles. The molecule has 0 aromatic heterocycles. The average Bonchev–Trinajstić information content (AvgIpc) is 2.46. The van der Waals surface area contributed by atoms with Crippen LogP contribution in [-0.2, 0) is 11.3 Å². The molecule has 1 saturated carbocycles. The fourth-order valence-corrected chi connectivity index (χ4v) is 3.33. The Balaban J connectivity index is 1.79. The van der Waals surface area contributed by atoms with Crippen molar-refractivity contribution in [2.24, 2.45) is 11.8 Å². The first-order valence-electron chi connectivity index (χ1n) is 8.31. The fraction of sp³-hybridized carbons (Fsp3) is 0.611. The van der Waals surface area contributed by atoms with E-state index in [-0.39, 0.29) is 11.7 Å². The van der Waals surface area contributed by atoms with Gasteiger partial charge in [-0.25, -0.2) is 4.39 Å². The molecule has 4 atom stereocenters. The number of likely N-dealkylation sites (N-methyl/N-ethyl adjacent to an activating group) is 1. The molecule has 122 valence electrons. The number of halogens is 1. The minimum absolute atomic E-state index is 0.116. The van der Waals surface area contributed by atoms with Crippen molar-refractivity contribution in [3.05, 3.63) is 35.6 Å². The number of benzene rings is 1. The molecule has 1 fully saturated rings. The van der Waals surface area contributed by atoms with Crippen LogP contribution in [0.2, 0.25) is 0 Å². The number of hydrogen-bond acceptors (Lipinski definition) is 1. The Morgan fingerprint density at radius 2 is 1.95 bits per heavy atom. The highest BCUT2D eigenvalue weighted by Crippen LogP contribution is 2.29. The van der Waals surface area contributed by atoms with E-state index in [0.717, 1.165) is 23.4 Å². The first-order valence-corrected chi connectivity index (χ1v) is 8.31. The zero-order valence-electron chi connectivity index (χ0n) is 13.9. The molecule has 0 bridgehead atoms. The molecule has 0 spiro atoms. The minimum Gasteiger partial charge on any atom is -0.348 e. The van der Waals surface area contributed by atoms with E-state index >= 15 is 0 Å². The van der Waals surface area contributed by atoms with Gasteiger partial charge in [-0.2, -0.15) is 0 Å². The van der Waals surface area contributed by atoms with Gasteiger partial charge in [0.05, 0.1) is 7.05 Å². The highest BCUT2D eigenvalue weighted by atomic mass is 19.1. The summed E-state index contributed by atoms with van der Waals surface area (Å²) in [5.74, 6) is 1.13. The molecule has 1 aromatic carbocycles. The molecule has 1 unspecified atom stereocenters. The largest absolute Gasteiger partial charge is 0.348 e. The van der Waals surface area contributed by atoms with Crippen LogP contribution in [0.15, 0.2) is 24.3 Å². The van der Waals surface area contributed by atoms with Crippen molar-refractivity contribution in [1.82, 2.24) is 5.32 Å². The number of quaternary nitrogens is 1. The van der Waals surface area contributed by atoms with Gasteiger partial charge >= 0.3 is 0 Å². The minimum atomic E-state index is -0.223. The van der Waals surface area contributed by atoms with E-state index in [2.05, 4.69) is 19.2 Å². The van der Waals surface area contributed by atoms with Gasteiger partial charge < -0.3 is 10.2 Å². The number of rotatable bonds is 5. The van der Waals surface area contributed by atoms with Crippen molar-refractivity contribution in [1.29, 1.82) is 0 Å². The summed E-state index contributed by atoms with van der Waals surface area (Å²) in [5, 5.41) is 3.21. The van der Waals surface area contributed by atoms with E-state index in [1.165, 1.54) is 25.0 Å². The Labute approximate surface area is 132 Å². The molecule has 1 amide bonds. The topological polar surface area (TPSA) is 33.5 Å². The lowest BCUT2D eigenvalue weighted by Crippen LogP contribution is -3.09. The SMILES string of the molecule is C[C@@H]1[C@@H](C)CCC[C@H]1NC(=O)C[NH+](C)Cc1ccc(F)cc1. The molecular formula is C18H28FN2O+. The van der Waals surface area contributed by atoms with Gasteiger partial charge in [0.1, 0.15) is 12.4 Å². The molecule has 1 aliphatic carbocycles. The van der Waals surface area contributed by atoms with Crippen LogP contribution < -0.4 is 10.2 Å². The molecule has 1 aromatic rings. The highest BCUT2D eigenvalue weighted by Gasteiger charge is 2.28. The van der Waals surface area contributed by atoms with Crippen LogP contribution in [0.25, 0.3) is 0 Å². The molecule has 1 aliphatic rings. The van der Waals surface area contributed by atoms with E-state index in [0.29, 0.717) is 24.4 Å². The zero-order valence-corrected chi connectivity index (χ0v) is 13.9. The van der Waals surface area contributed by atoms with Crippen LogP contribution in [-0.4, -0.2) is 25.5 Å². The van der Waals surface area contributed by atoms with Crippen molar-refractivity contribution in [3.63, 3.8) is 0 Å². The van der Waals surface area contributed by atoms with Crippen LogP contribution in [0, 0.1) is 17.7 Å². The first-order chi connectivity index (χ1) is 10.5. The number of hydrogen-bond donors (Lipinski definition) is 2. The molecule has 0 radical (unpaired) electrons. The summed E-state index contributed by atoms with van der Waals surface area (Å²) in [7, 11) is 2.00. The van der Waals surface area contributed by atoms with E-state index in [4.69, 9.17) is 0 Å². The highest BCUT2D eigenvalue weighted by molar-refractivity contribution is 5.77. The summed E-state index contributed by atoms with van der Waals surface area (Å²) in [5.41, 5.74) is 1.05. The van der Waals surface area contributed by atoms with E-state index < -0.39 is 0 Å². The van der Waals surface area contributed by atoms with Gasteiger partial charge in [-0.3, -0.25) is 4.79 Å². The van der Waals surface area contributed by atoms with E-state index in [9.17, 15) is 9.18 Å². The second kappa shape index (κ2) is 7.73. The van der Waals surface area contributed by atoms with Crippen LogP contribution >= 0.6 is 0 Å². The van der Waals surface area contributed by atoms with Gasteiger partial charge in [-0.1, -0.05) is 38.8 Å². The lowest BCUT2D eigenvalue weighted by molar-refractivity contribution is -0.885.